The lowest BCUT2D eigenvalue weighted by Crippen LogP contribution is -2.43. The van der Waals surface area contributed by atoms with Crippen LogP contribution in [-0.2, 0) is 4.74 Å². The Bertz CT molecular complexity index is 614. The van der Waals surface area contributed by atoms with E-state index in [1.807, 2.05) is 0 Å². The number of rotatable bonds is 6. The summed E-state index contributed by atoms with van der Waals surface area (Å²) in [6.07, 6.45) is 2.04. The predicted molar refractivity (Wildman–Crippen MR) is 84.2 cm³/mol. The molecule has 1 N–H and O–H groups in total. The van der Waals surface area contributed by atoms with E-state index in [2.05, 4.69) is 10.2 Å². The number of methoxy groups -OCH3 is 1. The van der Waals surface area contributed by atoms with Crippen molar-refractivity contribution in [2.24, 2.45) is 5.41 Å². The summed E-state index contributed by atoms with van der Waals surface area (Å²) in [6.45, 7) is 4.58. The van der Waals surface area contributed by atoms with Gasteiger partial charge in [-0.05, 0) is 25.0 Å². The van der Waals surface area contributed by atoms with E-state index >= 15 is 0 Å². The smallest absolute Gasteiger partial charge is 0.258 e. The van der Waals surface area contributed by atoms with Crippen molar-refractivity contribution >= 4 is 5.91 Å². The number of carbonyl (C=O) groups is 1. The third kappa shape index (κ3) is 3.67. The monoisotopic (exact) mass is 340 g/mol. The summed E-state index contributed by atoms with van der Waals surface area (Å²) in [7, 11) is 1.32. The van der Waals surface area contributed by atoms with Gasteiger partial charge in [-0.15, -0.1) is 0 Å². The minimum absolute atomic E-state index is 0.0318. The average molecular weight is 340 g/mol. The lowest BCUT2D eigenvalue weighted by atomic mass is 10.1. The summed E-state index contributed by atoms with van der Waals surface area (Å²) in [5.74, 6) is -2.85. The van der Waals surface area contributed by atoms with Crippen molar-refractivity contribution in [3.05, 3.63) is 29.3 Å². The normalized spacial score (nSPS) is 19.8. The highest BCUT2D eigenvalue weighted by Crippen LogP contribution is 2.45. The van der Waals surface area contributed by atoms with Crippen LogP contribution in [0.15, 0.2) is 12.1 Å². The van der Waals surface area contributed by atoms with Crippen LogP contribution in [0.4, 0.5) is 8.78 Å². The zero-order valence-electron chi connectivity index (χ0n) is 13.7. The van der Waals surface area contributed by atoms with Gasteiger partial charge in [0.05, 0.1) is 20.3 Å². The molecule has 2 aliphatic rings. The highest BCUT2D eigenvalue weighted by Gasteiger charge is 2.44. The predicted octanol–water partition coefficient (Wildman–Crippen LogP) is 1.82. The number of nitrogens with one attached hydrogen (secondary N) is 1. The van der Waals surface area contributed by atoms with E-state index < -0.39 is 17.5 Å². The molecule has 1 aliphatic carbocycles. The Labute approximate surface area is 139 Å². The maximum atomic E-state index is 14.0. The molecule has 1 amide bonds. The number of amides is 1. The molecule has 132 valence electrons. The van der Waals surface area contributed by atoms with Gasteiger partial charge in [-0.1, -0.05) is 0 Å². The molecule has 7 heteroatoms. The van der Waals surface area contributed by atoms with Crippen molar-refractivity contribution in [2.75, 3.05) is 46.5 Å². The van der Waals surface area contributed by atoms with E-state index in [4.69, 9.17) is 9.47 Å². The van der Waals surface area contributed by atoms with Crippen molar-refractivity contribution in [3.8, 4) is 5.75 Å². The largest absolute Gasteiger partial charge is 0.496 e. The van der Waals surface area contributed by atoms with Crippen LogP contribution in [0.2, 0.25) is 0 Å². The first-order valence-corrected chi connectivity index (χ1v) is 8.15. The molecule has 0 unspecified atom stereocenters. The molecular formula is C17H22F2N2O3. The molecule has 1 saturated carbocycles. The summed E-state index contributed by atoms with van der Waals surface area (Å²) in [6, 6.07) is 2.21. The van der Waals surface area contributed by atoms with E-state index in [0.717, 1.165) is 51.8 Å². The Morgan fingerprint density at radius 3 is 2.67 bits per heavy atom. The van der Waals surface area contributed by atoms with E-state index in [9.17, 15) is 13.6 Å². The molecule has 0 atom stereocenters. The highest BCUT2D eigenvalue weighted by molar-refractivity contribution is 5.97. The lowest BCUT2D eigenvalue weighted by molar-refractivity contribution is 0.0283. The van der Waals surface area contributed by atoms with Crippen molar-refractivity contribution < 1.29 is 23.0 Å². The van der Waals surface area contributed by atoms with E-state index in [0.29, 0.717) is 6.54 Å². The van der Waals surface area contributed by atoms with Crippen LogP contribution in [-0.4, -0.2) is 57.3 Å². The number of hydrogen-bond acceptors (Lipinski definition) is 4. The van der Waals surface area contributed by atoms with Gasteiger partial charge in [0.2, 0.25) is 0 Å². The van der Waals surface area contributed by atoms with Crippen LogP contribution in [0.25, 0.3) is 0 Å². The molecule has 0 radical (unpaired) electrons. The summed E-state index contributed by atoms with van der Waals surface area (Å²) in [5.41, 5.74) is -0.344. The van der Waals surface area contributed by atoms with Gasteiger partial charge in [0.15, 0.2) is 11.6 Å². The minimum Gasteiger partial charge on any atom is -0.496 e. The van der Waals surface area contributed by atoms with Crippen molar-refractivity contribution in [3.63, 3.8) is 0 Å². The number of morpholine rings is 1. The second kappa shape index (κ2) is 7.03. The van der Waals surface area contributed by atoms with Crippen LogP contribution in [0, 0.1) is 17.0 Å². The molecule has 1 aromatic rings. The van der Waals surface area contributed by atoms with Crippen LogP contribution in [0.5, 0.6) is 5.75 Å². The Kier molecular flexibility index (Phi) is 5.01. The third-order valence-corrected chi connectivity index (χ3v) is 4.75. The summed E-state index contributed by atoms with van der Waals surface area (Å²) >= 11 is 0. The number of hydrogen-bond donors (Lipinski definition) is 1. The van der Waals surface area contributed by atoms with Gasteiger partial charge in [-0.25, -0.2) is 8.78 Å². The first-order valence-electron chi connectivity index (χ1n) is 8.15. The van der Waals surface area contributed by atoms with Gasteiger partial charge in [0, 0.05) is 31.6 Å². The molecule has 0 spiro atoms. The first-order chi connectivity index (χ1) is 11.5. The Morgan fingerprint density at radius 2 is 2.04 bits per heavy atom. The fraction of sp³-hybridized carbons (Fsp3) is 0.588. The molecule has 24 heavy (non-hydrogen) atoms. The van der Waals surface area contributed by atoms with E-state index in [1.54, 1.807) is 0 Å². The number of halogens is 2. The molecule has 5 nitrogen and oxygen atoms in total. The van der Waals surface area contributed by atoms with Crippen molar-refractivity contribution in [2.45, 2.75) is 12.8 Å². The van der Waals surface area contributed by atoms with Crippen molar-refractivity contribution in [1.82, 2.24) is 10.2 Å². The molecule has 1 aromatic carbocycles. The maximum absolute atomic E-state index is 14.0. The second-order valence-electron chi connectivity index (χ2n) is 6.51. The lowest BCUT2D eigenvalue weighted by Gasteiger charge is -2.30. The summed E-state index contributed by atoms with van der Waals surface area (Å²) in [4.78, 5) is 14.7. The molecule has 1 saturated heterocycles. The number of ether oxygens (including phenoxy) is 2. The van der Waals surface area contributed by atoms with E-state index in [1.165, 1.54) is 13.2 Å². The number of nitrogens with zero attached hydrogens (tertiary/aromatic N) is 1. The maximum Gasteiger partial charge on any atom is 0.258 e. The zero-order valence-corrected chi connectivity index (χ0v) is 13.7. The van der Waals surface area contributed by atoms with Crippen LogP contribution < -0.4 is 10.1 Å². The third-order valence-electron chi connectivity index (χ3n) is 4.75. The quantitative estimate of drug-likeness (QED) is 0.858. The standard InChI is InChI=1S/C17H22F2N2O3/c1-23-13-3-2-12(18)15(19)14(13)16(22)20-10-17(4-5-17)11-21-6-8-24-9-7-21/h2-3H,4-11H2,1H3,(H,20,22). The van der Waals surface area contributed by atoms with Gasteiger partial charge in [-0.2, -0.15) is 0 Å². The Morgan fingerprint density at radius 1 is 1.33 bits per heavy atom. The fourth-order valence-corrected chi connectivity index (χ4v) is 3.07. The summed E-state index contributed by atoms with van der Waals surface area (Å²) in [5, 5.41) is 2.75. The highest BCUT2D eigenvalue weighted by atomic mass is 19.2. The number of benzene rings is 1. The van der Waals surface area contributed by atoms with Gasteiger partial charge in [-0.3, -0.25) is 9.69 Å². The van der Waals surface area contributed by atoms with Gasteiger partial charge >= 0.3 is 0 Å². The molecule has 1 heterocycles. The first kappa shape index (κ1) is 17.1. The van der Waals surface area contributed by atoms with Gasteiger partial charge < -0.3 is 14.8 Å². The molecule has 2 fully saturated rings. The zero-order chi connectivity index (χ0) is 17.2. The van der Waals surface area contributed by atoms with Crippen LogP contribution >= 0.6 is 0 Å². The fourth-order valence-electron chi connectivity index (χ4n) is 3.07. The molecule has 0 aromatic heterocycles. The SMILES string of the molecule is COc1ccc(F)c(F)c1C(=O)NCC1(CN2CCOCC2)CC1. The van der Waals surface area contributed by atoms with Gasteiger partial charge in [0.1, 0.15) is 11.3 Å². The van der Waals surface area contributed by atoms with Gasteiger partial charge in [0.25, 0.3) is 5.91 Å². The Balaban J connectivity index is 1.62. The molecule has 0 bridgehead atoms. The average Bonchev–Trinajstić information content (AvgIpc) is 3.35. The summed E-state index contributed by atoms with van der Waals surface area (Å²) < 4.78 is 37.7. The minimum atomic E-state index is -1.18. The van der Waals surface area contributed by atoms with Crippen LogP contribution in [0.1, 0.15) is 23.2 Å². The topological polar surface area (TPSA) is 50.8 Å². The molecule has 3 rings (SSSR count). The van der Waals surface area contributed by atoms with E-state index in [-0.39, 0.29) is 16.7 Å². The molecular weight excluding hydrogens is 318 g/mol. The van der Waals surface area contributed by atoms with Crippen molar-refractivity contribution in [1.29, 1.82) is 0 Å². The second-order valence-corrected chi connectivity index (χ2v) is 6.51. The van der Waals surface area contributed by atoms with Crippen LogP contribution in [0.3, 0.4) is 0 Å². The Hall–Kier alpha value is -1.73. The molecule has 1 aliphatic heterocycles. The number of carbonyl (C=O) groups excluding carboxylic acids is 1.